The first-order valence-corrected chi connectivity index (χ1v) is 9.12. The molecule has 3 rings (SSSR count). The zero-order valence-electron chi connectivity index (χ0n) is 16.6. The van der Waals surface area contributed by atoms with Crippen LogP contribution in [-0.4, -0.2) is 31.4 Å². The molecule has 0 radical (unpaired) electrons. The molecule has 3 N–H and O–H groups in total. The van der Waals surface area contributed by atoms with Gasteiger partial charge in [-0.15, -0.1) is 0 Å². The van der Waals surface area contributed by atoms with Crippen molar-refractivity contribution in [2.24, 2.45) is 5.73 Å². The Morgan fingerprint density at radius 1 is 1.10 bits per heavy atom. The van der Waals surface area contributed by atoms with Gasteiger partial charge in [0, 0.05) is 35.6 Å². The van der Waals surface area contributed by atoms with E-state index in [0.717, 1.165) is 16.9 Å². The molecule has 7 heteroatoms. The van der Waals surface area contributed by atoms with Gasteiger partial charge in [0.1, 0.15) is 0 Å². The molecule has 2 aromatic rings. The number of nitrogens with two attached hydrogens (primary N) is 1. The average Bonchev–Trinajstić information content (AvgIpc) is 2.87. The summed E-state index contributed by atoms with van der Waals surface area (Å²) in [6.07, 6.45) is 1.53. The highest BCUT2D eigenvalue weighted by molar-refractivity contribution is 5.97. The maximum atomic E-state index is 12.5. The average molecular weight is 393 g/mol. The van der Waals surface area contributed by atoms with E-state index in [0.29, 0.717) is 5.69 Å². The van der Waals surface area contributed by atoms with Crippen LogP contribution in [0.5, 0.6) is 0 Å². The zero-order valence-corrected chi connectivity index (χ0v) is 16.6. The Balaban J connectivity index is 1.65. The standard InChI is InChI=1S/C22H23N3O4/c1-22(2)17-6-4-5-7-18(17)25(3)19(22)12-16(26)13-29-20(27)14-8-10-15(11-9-14)24-21(23)28/h4-12H,13H2,1-3H3,(H3,23,24,28)/b19-12-. The van der Waals surface area contributed by atoms with Gasteiger partial charge in [-0.05, 0) is 35.9 Å². The van der Waals surface area contributed by atoms with Crippen molar-refractivity contribution in [1.82, 2.24) is 0 Å². The first-order valence-electron chi connectivity index (χ1n) is 9.12. The van der Waals surface area contributed by atoms with Crippen molar-refractivity contribution in [2.45, 2.75) is 19.3 Å². The monoisotopic (exact) mass is 393 g/mol. The van der Waals surface area contributed by atoms with Crippen molar-refractivity contribution in [3.63, 3.8) is 0 Å². The van der Waals surface area contributed by atoms with Gasteiger partial charge >= 0.3 is 12.0 Å². The number of likely N-dealkylation sites (N-methyl/N-ethyl adjacent to an activating group) is 1. The van der Waals surface area contributed by atoms with E-state index in [2.05, 4.69) is 19.2 Å². The lowest BCUT2D eigenvalue weighted by molar-refractivity contribution is -0.117. The molecule has 1 aliphatic rings. The highest BCUT2D eigenvalue weighted by Gasteiger charge is 2.38. The molecule has 0 aliphatic carbocycles. The number of amides is 2. The van der Waals surface area contributed by atoms with Gasteiger partial charge in [-0.2, -0.15) is 0 Å². The van der Waals surface area contributed by atoms with Crippen LogP contribution in [0.25, 0.3) is 0 Å². The Bertz CT molecular complexity index is 993. The number of hydrogen-bond acceptors (Lipinski definition) is 5. The Labute approximate surface area is 169 Å². The van der Waals surface area contributed by atoms with Gasteiger partial charge < -0.3 is 20.7 Å². The molecule has 150 valence electrons. The number of carbonyl (C=O) groups excluding carboxylic acids is 3. The van der Waals surface area contributed by atoms with E-state index in [1.165, 1.54) is 30.3 Å². The second-order valence-corrected chi connectivity index (χ2v) is 7.34. The predicted octanol–water partition coefficient (Wildman–Crippen LogP) is 3.21. The summed E-state index contributed by atoms with van der Waals surface area (Å²) in [6.45, 7) is 3.76. The summed E-state index contributed by atoms with van der Waals surface area (Å²) >= 11 is 0. The van der Waals surface area contributed by atoms with Gasteiger partial charge in [0.15, 0.2) is 12.4 Å². The van der Waals surface area contributed by atoms with Crippen molar-refractivity contribution in [3.05, 3.63) is 71.4 Å². The van der Waals surface area contributed by atoms with Crippen LogP contribution in [0.3, 0.4) is 0 Å². The van der Waals surface area contributed by atoms with Crippen molar-refractivity contribution in [3.8, 4) is 0 Å². The molecular weight excluding hydrogens is 370 g/mol. The van der Waals surface area contributed by atoms with Crippen LogP contribution in [-0.2, 0) is 14.9 Å². The van der Waals surface area contributed by atoms with Gasteiger partial charge in [-0.1, -0.05) is 32.0 Å². The minimum absolute atomic E-state index is 0.270. The number of rotatable bonds is 5. The van der Waals surface area contributed by atoms with Crippen molar-refractivity contribution in [1.29, 1.82) is 0 Å². The summed E-state index contributed by atoms with van der Waals surface area (Å²) in [5.41, 5.74) is 8.49. The van der Waals surface area contributed by atoms with E-state index in [-0.39, 0.29) is 23.4 Å². The maximum Gasteiger partial charge on any atom is 0.338 e. The number of ketones is 1. The number of allylic oxidation sites excluding steroid dienone is 1. The Morgan fingerprint density at radius 2 is 1.76 bits per heavy atom. The van der Waals surface area contributed by atoms with E-state index in [1.54, 1.807) is 0 Å². The van der Waals surface area contributed by atoms with Crippen LogP contribution in [0, 0.1) is 0 Å². The second-order valence-electron chi connectivity index (χ2n) is 7.34. The SMILES string of the molecule is CN1/C(=C\C(=O)COC(=O)c2ccc(NC(N)=O)cc2)C(C)(C)c2ccccc21. The van der Waals surface area contributed by atoms with Gasteiger partial charge in [0.25, 0.3) is 0 Å². The van der Waals surface area contributed by atoms with Gasteiger partial charge in [0.2, 0.25) is 0 Å². The molecule has 0 saturated carbocycles. The van der Waals surface area contributed by atoms with Crippen molar-refractivity contribution in [2.75, 3.05) is 23.9 Å². The smallest absolute Gasteiger partial charge is 0.338 e. The normalized spacial score (nSPS) is 15.7. The molecule has 0 unspecified atom stereocenters. The number of primary amides is 1. The molecule has 29 heavy (non-hydrogen) atoms. The molecule has 0 aromatic heterocycles. The van der Waals surface area contributed by atoms with Gasteiger partial charge in [-0.25, -0.2) is 9.59 Å². The Morgan fingerprint density at radius 3 is 2.38 bits per heavy atom. The van der Waals surface area contributed by atoms with Crippen LogP contribution in [0.15, 0.2) is 60.3 Å². The number of carbonyl (C=O) groups is 3. The number of ether oxygens (including phenoxy) is 1. The Hall–Kier alpha value is -3.61. The minimum Gasteiger partial charge on any atom is -0.454 e. The molecule has 2 amide bonds. The summed E-state index contributed by atoms with van der Waals surface area (Å²) in [5, 5.41) is 2.40. The molecular formula is C22H23N3O4. The van der Waals surface area contributed by atoms with Crippen LogP contribution in [0.2, 0.25) is 0 Å². The van der Waals surface area contributed by atoms with E-state index in [4.69, 9.17) is 10.5 Å². The summed E-state index contributed by atoms with van der Waals surface area (Å²) in [4.78, 5) is 37.4. The first kappa shape index (κ1) is 20.1. The fourth-order valence-electron chi connectivity index (χ4n) is 3.50. The van der Waals surface area contributed by atoms with Gasteiger partial charge in [0.05, 0.1) is 5.56 Å². The fourth-order valence-corrected chi connectivity index (χ4v) is 3.50. The summed E-state index contributed by atoms with van der Waals surface area (Å²) < 4.78 is 5.14. The summed E-state index contributed by atoms with van der Waals surface area (Å²) in [5.74, 6) is -0.919. The predicted molar refractivity (Wildman–Crippen MR) is 111 cm³/mol. The van der Waals surface area contributed by atoms with E-state index >= 15 is 0 Å². The number of hydrogen-bond donors (Lipinski definition) is 2. The lowest BCUT2D eigenvalue weighted by atomic mass is 9.83. The van der Waals surface area contributed by atoms with Crippen LogP contribution in [0.1, 0.15) is 29.8 Å². The molecule has 0 atom stereocenters. The number of urea groups is 1. The first-order chi connectivity index (χ1) is 13.7. The lowest BCUT2D eigenvalue weighted by Crippen LogP contribution is -2.25. The summed E-state index contributed by atoms with van der Waals surface area (Å²) in [7, 11) is 1.92. The van der Waals surface area contributed by atoms with Crippen molar-refractivity contribution >= 4 is 29.2 Å². The molecule has 0 bridgehead atoms. The third kappa shape index (κ3) is 4.13. The number of benzene rings is 2. The van der Waals surface area contributed by atoms with Crippen LogP contribution in [0.4, 0.5) is 16.2 Å². The molecule has 0 saturated heterocycles. The van der Waals surface area contributed by atoms with Crippen LogP contribution >= 0.6 is 0 Å². The third-order valence-electron chi connectivity index (χ3n) is 4.97. The highest BCUT2D eigenvalue weighted by atomic mass is 16.5. The van der Waals surface area contributed by atoms with Gasteiger partial charge in [-0.3, -0.25) is 4.79 Å². The van der Waals surface area contributed by atoms with Crippen molar-refractivity contribution < 1.29 is 19.1 Å². The number of esters is 1. The largest absolute Gasteiger partial charge is 0.454 e. The number of nitrogens with one attached hydrogen (secondary N) is 1. The molecule has 2 aromatic carbocycles. The fraction of sp³-hybridized carbons (Fsp3) is 0.227. The topological polar surface area (TPSA) is 102 Å². The zero-order chi connectivity index (χ0) is 21.2. The highest BCUT2D eigenvalue weighted by Crippen LogP contribution is 2.46. The number of anilines is 2. The van der Waals surface area contributed by atoms with E-state index in [9.17, 15) is 14.4 Å². The van der Waals surface area contributed by atoms with E-state index in [1.807, 2.05) is 36.2 Å². The maximum absolute atomic E-state index is 12.5. The quantitative estimate of drug-likeness (QED) is 0.600. The minimum atomic E-state index is -0.694. The summed E-state index contributed by atoms with van der Waals surface area (Å²) in [6, 6.07) is 13.3. The third-order valence-corrected chi connectivity index (χ3v) is 4.97. The lowest BCUT2D eigenvalue weighted by Gasteiger charge is -2.23. The molecule has 7 nitrogen and oxygen atoms in total. The number of para-hydroxylation sites is 1. The Kier molecular flexibility index (Phi) is 5.41. The second kappa shape index (κ2) is 7.79. The number of nitrogens with zero attached hydrogens (tertiary/aromatic N) is 1. The van der Waals surface area contributed by atoms with E-state index < -0.39 is 12.0 Å². The molecule has 0 spiro atoms. The molecule has 1 heterocycles. The van der Waals surface area contributed by atoms with Crippen LogP contribution < -0.4 is 16.0 Å². The number of fused-ring (bicyclic) bond motifs is 1. The molecule has 1 aliphatic heterocycles. The molecule has 0 fully saturated rings.